The molecule has 2 aliphatic heterocycles. The highest BCUT2D eigenvalue weighted by Crippen LogP contribution is 2.49. The molecule has 0 atom stereocenters. The average molecular weight is 379 g/mol. The number of nitrogens with two attached hydrogens (primary N) is 1. The van der Waals surface area contributed by atoms with Gasteiger partial charge >= 0.3 is 0 Å². The Morgan fingerprint density at radius 1 is 0.724 bits per heavy atom. The number of primary amides is 1. The molecule has 0 aromatic heterocycles. The molecule has 0 bridgehead atoms. The van der Waals surface area contributed by atoms with E-state index in [2.05, 4.69) is 38.4 Å². The molecule has 1 amide bonds. The number of fused-ring (bicyclic) bond motifs is 6. The molecular formula is C23H17N5O. The summed E-state index contributed by atoms with van der Waals surface area (Å²) in [4.78, 5) is 11.7. The maximum atomic E-state index is 11.7. The van der Waals surface area contributed by atoms with E-state index >= 15 is 0 Å². The predicted molar refractivity (Wildman–Crippen MR) is 114 cm³/mol. The molecule has 0 spiro atoms. The summed E-state index contributed by atoms with van der Waals surface area (Å²) in [5, 5.41) is 13.0. The maximum absolute atomic E-state index is 11.7. The van der Waals surface area contributed by atoms with Gasteiger partial charge in [-0.3, -0.25) is 14.8 Å². The van der Waals surface area contributed by atoms with Gasteiger partial charge in [0.1, 0.15) is 0 Å². The summed E-state index contributed by atoms with van der Waals surface area (Å²) in [7, 11) is 0. The minimum atomic E-state index is -0.527. The van der Waals surface area contributed by atoms with Crippen molar-refractivity contribution in [3.05, 3.63) is 96.8 Å². The third kappa shape index (κ3) is 2.78. The second-order valence-corrected chi connectivity index (χ2v) is 6.64. The van der Waals surface area contributed by atoms with E-state index in [-0.39, 0.29) is 0 Å². The van der Waals surface area contributed by atoms with Crippen LogP contribution in [0, 0.1) is 0 Å². The van der Waals surface area contributed by atoms with Crippen LogP contribution in [0.1, 0.15) is 10.4 Å². The van der Waals surface area contributed by atoms with E-state index in [1.54, 1.807) is 24.3 Å². The summed E-state index contributed by atoms with van der Waals surface area (Å²) in [6.45, 7) is 0. The molecule has 29 heavy (non-hydrogen) atoms. The van der Waals surface area contributed by atoms with Gasteiger partial charge in [-0.15, -0.1) is 10.2 Å². The first-order chi connectivity index (χ1) is 14.2. The number of allylic oxidation sites excluding steroid dienone is 2. The number of carbonyl (C=O) groups is 1. The third-order valence-electron chi connectivity index (χ3n) is 4.92. The second-order valence-electron chi connectivity index (χ2n) is 6.64. The molecule has 0 saturated carbocycles. The van der Waals surface area contributed by atoms with E-state index in [1.807, 2.05) is 48.8 Å². The Morgan fingerprint density at radius 3 is 2.17 bits per heavy atom. The lowest BCUT2D eigenvalue weighted by molar-refractivity contribution is 0.100. The van der Waals surface area contributed by atoms with Crippen molar-refractivity contribution in [2.45, 2.75) is 0 Å². The van der Waals surface area contributed by atoms with E-state index in [4.69, 9.17) is 5.73 Å². The predicted octanol–water partition coefficient (Wildman–Crippen LogP) is 5.45. The highest BCUT2D eigenvalue weighted by atomic mass is 16.1. The Balaban J connectivity index is 1.67. The first kappa shape index (κ1) is 16.9. The minimum Gasteiger partial charge on any atom is -0.366 e. The van der Waals surface area contributed by atoms with Gasteiger partial charge in [0.15, 0.2) is 0 Å². The van der Waals surface area contributed by atoms with Crippen molar-refractivity contribution in [1.29, 1.82) is 0 Å². The zero-order valence-corrected chi connectivity index (χ0v) is 15.4. The summed E-state index contributed by atoms with van der Waals surface area (Å²) >= 11 is 0. The summed E-state index contributed by atoms with van der Waals surface area (Å²) in [5.74, 6) is -0.527. The first-order valence-electron chi connectivity index (χ1n) is 9.20. The number of azo groups is 1. The van der Waals surface area contributed by atoms with Crippen LogP contribution in [0.25, 0.3) is 11.1 Å². The van der Waals surface area contributed by atoms with E-state index in [9.17, 15) is 4.79 Å². The molecule has 0 radical (unpaired) electrons. The summed E-state index contributed by atoms with van der Waals surface area (Å²) < 4.78 is 0. The lowest BCUT2D eigenvalue weighted by atomic mass is 9.97. The molecule has 6 heteroatoms. The molecule has 3 aromatic carbocycles. The number of hydrazine groups is 1. The second kappa shape index (κ2) is 6.76. The number of nitrogens with zero attached hydrogens (tertiary/aromatic N) is 4. The normalized spacial score (nSPS) is 13.9. The molecule has 0 aliphatic carbocycles. The van der Waals surface area contributed by atoms with Crippen LogP contribution in [0.3, 0.4) is 0 Å². The smallest absolute Gasteiger partial charge is 0.250 e. The summed E-state index contributed by atoms with van der Waals surface area (Å²) in [5.41, 5.74) is 11.1. The largest absolute Gasteiger partial charge is 0.366 e. The van der Waals surface area contributed by atoms with Gasteiger partial charge < -0.3 is 5.73 Å². The van der Waals surface area contributed by atoms with Crippen molar-refractivity contribution in [2.75, 3.05) is 10.0 Å². The molecule has 2 aliphatic rings. The lowest BCUT2D eigenvalue weighted by Gasteiger charge is -2.41. The number of para-hydroxylation sites is 1. The minimum absolute atomic E-state index is 0.344. The Morgan fingerprint density at radius 2 is 1.34 bits per heavy atom. The monoisotopic (exact) mass is 379 g/mol. The molecule has 3 aromatic rings. The number of hydrogen-bond acceptors (Lipinski definition) is 5. The van der Waals surface area contributed by atoms with Crippen molar-refractivity contribution >= 4 is 28.7 Å². The number of hydrogen-bond donors (Lipinski definition) is 1. The van der Waals surface area contributed by atoms with Gasteiger partial charge in [-0.05, 0) is 42.5 Å². The van der Waals surface area contributed by atoms with Gasteiger partial charge in [-0.2, -0.15) is 0 Å². The Hall–Kier alpha value is -4.19. The van der Waals surface area contributed by atoms with Crippen LogP contribution < -0.4 is 15.8 Å². The topological polar surface area (TPSA) is 74.3 Å². The molecular weight excluding hydrogens is 362 g/mol. The summed E-state index contributed by atoms with van der Waals surface area (Å²) in [6.07, 6.45) is 8.03. The number of amides is 1. The quantitative estimate of drug-likeness (QED) is 0.615. The molecule has 140 valence electrons. The molecule has 2 N–H and O–H groups in total. The fourth-order valence-electron chi connectivity index (χ4n) is 3.64. The van der Waals surface area contributed by atoms with Crippen LogP contribution >= 0.6 is 0 Å². The number of anilines is 2. The van der Waals surface area contributed by atoms with Crippen LogP contribution in [-0.2, 0) is 0 Å². The zero-order valence-electron chi connectivity index (χ0n) is 15.4. The third-order valence-corrected chi connectivity index (χ3v) is 4.92. The van der Waals surface area contributed by atoms with Crippen molar-refractivity contribution < 1.29 is 4.79 Å². The first-order valence-corrected chi connectivity index (χ1v) is 9.20. The summed E-state index contributed by atoms with van der Waals surface area (Å²) in [6, 6.07) is 21.0. The molecule has 0 fully saturated rings. The average Bonchev–Trinajstić information content (AvgIpc) is 2.78. The van der Waals surface area contributed by atoms with E-state index in [0.717, 1.165) is 28.2 Å². The van der Waals surface area contributed by atoms with Gasteiger partial charge in [0.2, 0.25) is 0 Å². The SMILES string of the molecule is NC(=O)c1ccccc1N=Nc1cccc2c1-c1ccccc1N1C=CC=CN21. The molecule has 0 saturated heterocycles. The molecule has 6 nitrogen and oxygen atoms in total. The van der Waals surface area contributed by atoms with Crippen molar-refractivity contribution in [3.8, 4) is 11.1 Å². The highest BCUT2D eigenvalue weighted by Gasteiger charge is 2.28. The van der Waals surface area contributed by atoms with Gasteiger partial charge in [0, 0.05) is 23.5 Å². The van der Waals surface area contributed by atoms with Crippen molar-refractivity contribution in [3.63, 3.8) is 0 Å². The van der Waals surface area contributed by atoms with Gasteiger partial charge in [-0.1, -0.05) is 36.4 Å². The van der Waals surface area contributed by atoms with Gasteiger partial charge in [0.05, 0.1) is 28.3 Å². The van der Waals surface area contributed by atoms with Gasteiger partial charge in [0.25, 0.3) is 5.91 Å². The zero-order chi connectivity index (χ0) is 19.8. The van der Waals surface area contributed by atoms with E-state index < -0.39 is 5.91 Å². The standard InChI is InChI=1S/C23H17N5O/c24-23(29)16-8-1-3-10-18(16)25-26-19-11-7-13-21-22(19)17-9-2-4-12-20(17)27-14-5-6-15-28(21)27/h1-15H,(H2,24,29). The highest BCUT2D eigenvalue weighted by molar-refractivity contribution is 5.99. The van der Waals surface area contributed by atoms with Crippen LogP contribution in [0.2, 0.25) is 0 Å². The number of carbonyl (C=O) groups excluding carboxylic acids is 1. The van der Waals surface area contributed by atoms with Crippen LogP contribution in [0.4, 0.5) is 22.7 Å². The molecule has 2 heterocycles. The Labute approximate surface area is 167 Å². The van der Waals surface area contributed by atoms with Crippen LogP contribution in [0.5, 0.6) is 0 Å². The fourth-order valence-corrected chi connectivity index (χ4v) is 3.64. The van der Waals surface area contributed by atoms with Crippen LogP contribution in [-0.4, -0.2) is 5.91 Å². The number of benzene rings is 3. The molecule has 5 rings (SSSR count). The van der Waals surface area contributed by atoms with Crippen molar-refractivity contribution in [2.24, 2.45) is 16.0 Å². The van der Waals surface area contributed by atoms with Gasteiger partial charge in [-0.25, -0.2) is 0 Å². The van der Waals surface area contributed by atoms with Crippen LogP contribution in [0.15, 0.2) is 102 Å². The molecule has 0 unspecified atom stereocenters. The van der Waals surface area contributed by atoms with E-state index in [0.29, 0.717) is 11.3 Å². The number of rotatable bonds is 3. The van der Waals surface area contributed by atoms with E-state index in [1.165, 1.54) is 0 Å². The Kier molecular flexibility index (Phi) is 3.95. The Bertz CT molecular complexity index is 1210. The fraction of sp³-hybridized carbons (Fsp3) is 0. The van der Waals surface area contributed by atoms with Crippen molar-refractivity contribution in [1.82, 2.24) is 0 Å². The maximum Gasteiger partial charge on any atom is 0.250 e. The lowest BCUT2D eigenvalue weighted by Crippen LogP contribution is -2.38.